The summed E-state index contributed by atoms with van der Waals surface area (Å²) in [4.78, 5) is 14.1. The molecular weight excluding hydrogens is 465 g/mol. The Kier molecular flexibility index (Phi) is 7.91. The molecule has 0 aliphatic rings. The zero-order valence-electron chi connectivity index (χ0n) is 18.1. The van der Waals surface area contributed by atoms with Crippen LogP contribution in [0.4, 0.5) is 21.5 Å². The van der Waals surface area contributed by atoms with Crippen LogP contribution in [0.25, 0.3) is 0 Å². The summed E-state index contributed by atoms with van der Waals surface area (Å²) in [7, 11) is 0. The van der Waals surface area contributed by atoms with Crippen molar-refractivity contribution in [3.05, 3.63) is 121 Å². The number of hydrogen-bond acceptors (Lipinski definition) is 3. The van der Waals surface area contributed by atoms with E-state index in [9.17, 15) is 9.18 Å². The lowest BCUT2D eigenvalue weighted by Gasteiger charge is -2.18. The fraction of sp³-hybridized carbons (Fsp3) is 0.0370. The Balaban J connectivity index is 1.49. The Morgan fingerprint density at radius 2 is 1.29 bits per heavy atom. The van der Waals surface area contributed by atoms with Crippen LogP contribution in [0.2, 0.25) is 0 Å². The number of carbonyl (C=O) groups excluding carboxylic acids is 1. The van der Waals surface area contributed by atoms with Gasteiger partial charge in [-0.2, -0.15) is 0 Å². The van der Waals surface area contributed by atoms with Gasteiger partial charge in [0.15, 0.2) is 5.11 Å². The SMILES string of the molecule is O=C(Nc1ccc(F)cc1)C(Sc1cccc(NC(=S)Nc2ccccc2)c1)c1ccccc1. The fourth-order valence-corrected chi connectivity index (χ4v) is 4.56. The van der Waals surface area contributed by atoms with Gasteiger partial charge >= 0.3 is 0 Å². The van der Waals surface area contributed by atoms with Crippen LogP contribution in [0, 0.1) is 5.82 Å². The number of rotatable bonds is 7. The van der Waals surface area contributed by atoms with Gasteiger partial charge in [-0.15, -0.1) is 11.8 Å². The van der Waals surface area contributed by atoms with Gasteiger partial charge in [-0.3, -0.25) is 4.79 Å². The molecule has 4 aromatic carbocycles. The average Bonchev–Trinajstić information content (AvgIpc) is 2.85. The topological polar surface area (TPSA) is 53.2 Å². The third kappa shape index (κ3) is 6.66. The Bertz CT molecular complexity index is 1250. The van der Waals surface area contributed by atoms with Gasteiger partial charge in [0.2, 0.25) is 5.91 Å². The Morgan fingerprint density at radius 1 is 0.706 bits per heavy atom. The van der Waals surface area contributed by atoms with Crippen molar-refractivity contribution in [3.63, 3.8) is 0 Å². The molecule has 7 heteroatoms. The van der Waals surface area contributed by atoms with E-state index in [0.29, 0.717) is 10.8 Å². The first kappa shape index (κ1) is 23.5. The third-order valence-electron chi connectivity index (χ3n) is 4.83. The number of thioether (sulfide) groups is 1. The smallest absolute Gasteiger partial charge is 0.242 e. The first-order valence-electron chi connectivity index (χ1n) is 10.6. The molecule has 1 amide bonds. The van der Waals surface area contributed by atoms with E-state index in [1.54, 1.807) is 12.1 Å². The van der Waals surface area contributed by atoms with Gasteiger partial charge in [0, 0.05) is 22.0 Å². The van der Waals surface area contributed by atoms with E-state index in [2.05, 4.69) is 16.0 Å². The molecule has 4 aromatic rings. The minimum Gasteiger partial charge on any atom is -0.332 e. The fourth-order valence-electron chi connectivity index (χ4n) is 3.24. The van der Waals surface area contributed by atoms with Crippen LogP contribution in [0.5, 0.6) is 0 Å². The molecule has 0 heterocycles. The molecule has 0 aliphatic heterocycles. The van der Waals surface area contributed by atoms with E-state index in [1.165, 1.54) is 23.9 Å². The van der Waals surface area contributed by atoms with E-state index in [4.69, 9.17) is 12.2 Å². The van der Waals surface area contributed by atoms with Crippen molar-refractivity contribution in [1.82, 2.24) is 0 Å². The maximum Gasteiger partial charge on any atom is 0.242 e. The predicted molar refractivity (Wildman–Crippen MR) is 143 cm³/mol. The number of benzene rings is 4. The lowest BCUT2D eigenvalue weighted by molar-refractivity contribution is -0.115. The number of thiocarbonyl (C=S) groups is 1. The van der Waals surface area contributed by atoms with Crippen LogP contribution in [-0.4, -0.2) is 11.0 Å². The molecule has 34 heavy (non-hydrogen) atoms. The zero-order valence-corrected chi connectivity index (χ0v) is 19.7. The molecule has 3 N–H and O–H groups in total. The van der Waals surface area contributed by atoms with Gasteiger partial charge < -0.3 is 16.0 Å². The summed E-state index contributed by atoms with van der Waals surface area (Å²) in [5.41, 5.74) is 3.11. The van der Waals surface area contributed by atoms with Gasteiger partial charge in [0.05, 0.1) is 0 Å². The van der Waals surface area contributed by atoms with Crippen LogP contribution in [0.15, 0.2) is 114 Å². The summed E-state index contributed by atoms with van der Waals surface area (Å²) in [6.45, 7) is 0. The Labute approximate surface area is 207 Å². The molecule has 0 fully saturated rings. The molecule has 0 spiro atoms. The van der Waals surface area contributed by atoms with Gasteiger partial charge in [0.25, 0.3) is 0 Å². The molecule has 1 unspecified atom stereocenters. The van der Waals surface area contributed by atoms with Crippen LogP contribution in [0.1, 0.15) is 10.8 Å². The summed E-state index contributed by atoms with van der Waals surface area (Å²) in [6.07, 6.45) is 0. The van der Waals surface area contributed by atoms with E-state index >= 15 is 0 Å². The van der Waals surface area contributed by atoms with Crippen molar-refractivity contribution in [2.75, 3.05) is 16.0 Å². The molecule has 0 radical (unpaired) electrons. The molecular formula is C27H22FN3OS2. The number of nitrogens with one attached hydrogen (secondary N) is 3. The largest absolute Gasteiger partial charge is 0.332 e. The van der Waals surface area contributed by atoms with E-state index in [-0.39, 0.29) is 11.7 Å². The van der Waals surface area contributed by atoms with E-state index in [0.717, 1.165) is 21.8 Å². The highest BCUT2D eigenvalue weighted by atomic mass is 32.2. The predicted octanol–water partition coefficient (Wildman–Crippen LogP) is 7.11. The monoisotopic (exact) mass is 487 g/mol. The zero-order chi connectivity index (χ0) is 23.8. The normalized spacial score (nSPS) is 11.3. The second-order valence-corrected chi connectivity index (χ2v) is 8.96. The average molecular weight is 488 g/mol. The highest BCUT2D eigenvalue weighted by molar-refractivity contribution is 8.00. The quantitative estimate of drug-likeness (QED) is 0.192. The number of carbonyl (C=O) groups is 1. The van der Waals surface area contributed by atoms with Crippen molar-refractivity contribution in [2.45, 2.75) is 10.1 Å². The first-order chi connectivity index (χ1) is 16.6. The van der Waals surface area contributed by atoms with Crippen molar-refractivity contribution >= 4 is 52.1 Å². The number of para-hydroxylation sites is 1. The van der Waals surface area contributed by atoms with E-state index in [1.807, 2.05) is 84.9 Å². The van der Waals surface area contributed by atoms with Gasteiger partial charge in [-0.05, 0) is 72.4 Å². The minimum absolute atomic E-state index is 0.192. The number of halogens is 1. The van der Waals surface area contributed by atoms with Crippen molar-refractivity contribution in [2.24, 2.45) is 0 Å². The molecule has 1 atom stereocenters. The van der Waals surface area contributed by atoms with Crippen molar-refractivity contribution in [1.29, 1.82) is 0 Å². The second-order valence-electron chi connectivity index (χ2n) is 7.38. The van der Waals surface area contributed by atoms with Crippen molar-refractivity contribution in [3.8, 4) is 0 Å². The molecule has 4 nitrogen and oxygen atoms in total. The number of amides is 1. The summed E-state index contributed by atoms with van der Waals surface area (Å²) in [5.74, 6) is -0.543. The number of hydrogen-bond donors (Lipinski definition) is 3. The summed E-state index contributed by atoms with van der Waals surface area (Å²) < 4.78 is 13.2. The van der Waals surface area contributed by atoms with Gasteiger partial charge in [0.1, 0.15) is 11.1 Å². The molecule has 0 saturated heterocycles. The standard InChI is InChI=1S/C27H22FN3OS2/c28-20-14-16-22(17-15-20)29-26(32)25(19-8-3-1-4-9-19)34-24-13-7-12-23(18-24)31-27(33)30-21-10-5-2-6-11-21/h1-18,25H,(H,29,32)(H2,30,31,33). The Hall–Kier alpha value is -3.68. The number of anilines is 3. The minimum atomic E-state index is -0.504. The van der Waals surface area contributed by atoms with Gasteiger partial charge in [-0.1, -0.05) is 54.6 Å². The summed E-state index contributed by atoms with van der Waals surface area (Å²) in [6, 6.07) is 32.7. The summed E-state index contributed by atoms with van der Waals surface area (Å²) in [5, 5.41) is 9.20. The lowest BCUT2D eigenvalue weighted by atomic mass is 10.1. The second kappa shape index (κ2) is 11.4. The maximum atomic E-state index is 13.2. The van der Waals surface area contributed by atoms with Crippen LogP contribution < -0.4 is 16.0 Å². The lowest BCUT2D eigenvalue weighted by Crippen LogP contribution is -2.19. The van der Waals surface area contributed by atoms with Crippen LogP contribution in [0.3, 0.4) is 0 Å². The molecule has 170 valence electrons. The molecule has 0 aliphatic carbocycles. The van der Waals surface area contributed by atoms with Crippen molar-refractivity contribution < 1.29 is 9.18 Å². The first-order valence-corrected chi connectivity index (χ1v) is 11.9. The molecule has 0 bridgehead atoms. The Morgan fingerprint density at radius 3 is 2.00 bits per heavy atom. The maximum absolute atomic E-state index is 13.2. The highest BCUT2D eigenvalue weighted by Crippen LogP contribution is 2.37. The molecule has 4 rings (SSSR count). The van der Waals surface area contributed by atoms with Crippen LogP contribution in [-0.2, 0) is 4.79 Å². The van der Waals surface area contributed by atoms with E-state index < -0.39 is 5.25 Å². The summed E-state index contributed by atoms with van der Waals surface area (Å²) >= 11 is 6.86. The van der Waals surface area contributed by atoms with Crippen LogP contribution >= 0.6 is 24.0 Å². The third-order valence-corrected chi connectivity index (χ3v) is 6.28. The highest BCUT2D eigenvalue weighted by Gasteiger charge is 2.22. The molecule has 0 aromatic heterocycles. The molecule has 0 saturated carbocycles. The van der Waals surface area contributed by atoms with Gasteiger partial charge in [-0.25, -0.2) is 4.39 Å².